The summed E-state index contributed by atoms with van der Waals surface area (Å²) in [5.74, 6) is 0. The molecule has 3 nitrogen and oxygen atoms in total. The Labute approximate surface area is 259 Å². The molecule has 214 valence electrons. The molecular formula is C41H35N3. The maximum absolute atomic E-state index is 6.81. The number of hydrogen-bond donors (Lipinski definition) is 3. The van der Waals surface area contributed by atoms with Gasteiger partial charge in [0.25, 0.3) is 0 Å². The predicted molar refractivity (Wildman–Crippen MR) is 185 cm³/mol. The first kappa shape index (κ1) is 27.6. The van der Waals surface area contributed by atoms with Crippen molar-refractivity contribution in [2.45, 2.75) is 19.3 Å². The highest BCUT2D eigenvalue weighted by Crippen LogP contribution is 2.31. The zero-order valence-electron chi connectivity index (χ0n) is 24.7. The molecule has 7 rings (SSSR count). The van der Waals surface area contributed by atoms with Gasteiger partial charge in [-0.1, -0.05) is 145 Å². The first-order valence-electron chi connectivity index (χ1n) is 15.1. The Kier molecular flexibility index (Phi) is 7.64. The van der Waals surface area contributed by atoms with Gasteiger partial charge in [0.15, 0.2) is 0 Å². The molecule has 0 saturated heterocycles. The van der Waals surface area contributed by atoms with Crippen molar-refractivity contribution in [1.29, 1.82) is 0 Å². The molecule has 0 amide bonds. The van der Waals surface area contributed by atoms with Crippen molar-refractivity contribution in [3.63, 3.8) is 0 Å². The van der Waals surface area contributed by atoms with Crippen LogP contribution in [0.15, 0.2) is 158 Å². The lowest BCUT2D eigenvalue weighted by Gasteiger charge is -2.30. The molecule has 0 spiro atoms. The molecule has 0 aliphatic carbocycles. The number of benzene rings is 6. The highest BCUT2D eigenvalue weighted by atomic mass is 15.2. The SMILES string of the molecule is Cc1ccc2cc(C(N)NC3NC=C(c4ccc(-c5ccccc5)cc4)C=C3c3ccc(-c4ccccc4)cc3)ccc2c1. The van der Waals surface area contributed by atoms with E-state index in [1.54, 1.807) is 0 Å². The summed E-state index contributed by atoms with van der Waals surface area (Å²) in [4.78, 5) is 0. The van der Waals surface area contributed by atoms with Gasteiger partial charge in [-0.3, -0.25) is 5.32 Å². The van der Waals surface area contributed by atoms with E-state index in [0.29, 0.717) is 0 Å². The molecular weight excluding hydrogens is 534 g/mol. The van der Waals surface area contributed by atoms with Gasteiger partial charge in [0.1, 0.15) is 6.17 Å². The molecule has 1 heterocycles. The Balaban J connectivity index is 1.19. The van der Waals surface area contributed by atoms with Crippen molar-refractivity contribution < 1.29 is 0 Å². The lowest BCUT2D eigenvalue weighted by atomic mass is 9.92. The minimum atomic E-state index is -0.356. The van der Waals surface area contributed by atoms with E-state index in [0.717, 1.165) is 27.8 Å². The Morgan fingerprint density at radius 3 is 1.73 bits per heavy atom. The fourth-order valence-corrected chi connectivity index (χ4v) is 5.93. The third-order valence-electron chi connectivity index (χ3n) is 8.40. The second-order valence-corrected chi connectivity index (χ2v) is 11.4. The van der Waals surface area contributed by atoms with Gasteiger partial charge in [0.05, 0.1) is 6.17 Å². The van der Waals surface area contributed by atoms with Crippen LogP contribution in [0.5, 0.6) is 0 Å². The fraction of sp³-hybridized carbons (Fsp3) is 0.0732. The standard InChI is InChI=1S/C41H35N3/c1-28-12-13-36-25-37(23-22-35(36)24-28)40(42)44-41-39(34-20-18-32(19-21-34)30-10-6-3-7-11-30)26-38(27-43-41)33-16-14-31(15-17-33)29-8-4-2-5-9-29/h2-27,40-41,43-44H,42H2,1H3. The van der Waals surface area contributed by atoms with E-state index in [-0.39, 0.29) is 12.3 Å². The van der Waals surface area contributed by atoms with E-state index in [1.807, 2.05) is 12.1 Å². The minimum Gasteiger partial charge on any atom is -0.371 e. The smallest absolute Gasteiger partial charge is 0.105 e. The van der Waals surface area contributed by atoms with Gasteiger partial charge in [0, 0.05) is 6.20 Å². The third-order valence-corrected chi connectivity index (χ3v) is 8.40. The van der Waals surface area contributed by atoms with Crippen molar-refractivity contribution >= 4 is 21.9 Å². The lowest BCUT2D eigenvalue weighted by Crippen LogP contribution is -2.46. The van der Waals surface area contributed by atoms with Crippen LogP contribution in [0.2, 0.25) is 0 Å². The maximum atomic E-state index is 6.81. The first-order valence-corrected chi connectivity index (χ1v) is 15.1. The van der Waals surface area contributed by atoms with Gasteiger partial charge in [-0.2, -0.15) is 0 Å². The summed E-state index contributed by atoms with van der Waals surface area (Å²) in [6, 6.07) is 51.5. The van der Waals surface area contributed by atoms with Gasteiger partial charge in [-0.15, -0.1) is 0 Å². The summed E-state index contributed by atoms with van der Waals surface area (Å²) in [5.41, 5.74) is 18.5. The summed E-state index contributed by atoms with van der Waals surface area (Å²) in [7, 11) is 0. The maximum Gasteiger partial charge on any atom is 0.105 e. The van der Waals surface area contributed by atoms with Crippen LogP contribution in [0.1, 0.15) is 28.4 Å². The van der Waals surface area contributed by atoms with Crippen LogP contribution >= 0.6 is 0 Å². The minimum absolute atomic E-state index is 0.173. The molecule has 44 heavy (non-hydrogen) atoms. The average Bonchev–Trinajstić information content (AvgIpc) is 3.09. The summed E-state index contributed by atoms with van der Waals surface area (Å²) in [6.45, 7) is 2.12. The topological polar surface area (TPSA) is 50.1 Å². The van der Waals surface area contributed by atoms with Crippen LogP contribution < -0.4 is 16.4 Å². The van der Waals surface area contributed by atoms with Crippen LogP contribution in [0.3, 0.4) is 0 Å². The van der Waals surface area contributed by atoms with Crippen molar-refractivity contribution in [3.8, 4) is 22.3 Å². The zero-order valence-corrected chi connectivity index (χ0v) is 24.7. The van der Waals surface area contributed by atoms with E-state index in [1.165, 1.54) is 38.6 Å². The van der Waals surface area contributed by atoms with E-state index in [9.17, 15) is 0 Å². The number of nitrogens with one attached hydrogen (secondary N) is 2. The molecule has 1 aliphatic heterocycles. The second-order valence-electron chi connectivity index (χ2n) is 11.4. The third kappa shape index (κ3) is 5.84. The predicted octanol–water partition coefficient (Wildman–Crippen LogP) is 9.08. The molecule has 0 bridgehead atoms. The van der Waals surface area contributed by atoms with E-state index < -0.39 is 0 Å². The van der Waals surface area contributed by atoms with Crippen molar-refractivity contribution in [2.75, 3.05) is 0 Å². The highest BCUT2D eigenvalue weighted by Gasteiger charge is 2.22. The highest BCUT2D eigenvalue weighted by molar-refractivity contribution is 5.88. The lowest BCUT2D eigenvalue weighted by molar-refractivity contribution is 0.475. The summed E-state index contributed by atoms with van der Waals surface area (Å²) >= 11 is 0. The normalized spacial score (nSPS) is 15.3. The summed E-state index contributed by atoms with van der Waals surface area (Å²) in [6.07, 6.45) is 3.84. The summed E-state index contributed by atoms with van der Waals surface area (Å²) < 4.78 is 0. The van der Waals surface area contributed by atoms with E-state index in [2.05, 4.69) is 163 Å². The van der Waals surface area contributed by atoms with Crippen molar-refractivity contribution in [3.05, 3.63) is 180 Å². The largest absolute Gasteiger partial charge is 0.371 e. The number of aryl methyl sites for hydroxylation is 1. The quantitative estimate of drug-likeness (QED) is 0.168. The van der Waals surface area contributed by atoms with Crippen LogP contribution in [0, 0.1) is 6.92 Å². The van der Waals surface area contributed by atoms with Crippen LogP contribution in [0.25, 0.3) is 44.2 Å². The molecule has 6 aromatic carbocycles. The average molecular weight is 570 g/mol. The number of dihydropyridines is 1. The second kappa shape index (κ2) is 12.2. The van der Waals surface area contributed by atoms with Gasteiger partial charge in [-0.25, -0.2) is 0 Å². The molecule has 2 unspecified atom stereocenters. The molecule has 6 aromatic rings. The summed E-state index contributed by atoms with van der Waals surface area (Å²) in [5, 5.41) is 9.71. The molecule has 1 aliphatic rings. The van der Waals surface area contributed by atoms with Crippen molar-refractivity contribution in [2.24, 2.45) is 5.73 Å². The van der Waals surface area contributed by atoms with Crippen molar-refractivity contribution in [1.82, 2.24) is 10.6 Å². The Bertz CT molecular complexity index is 1960. The first-order chi connectivity index (χ1) is 21.6. The van der Waals surface area contributed by atoms with E-state index >= 15 is 0 Å². The van der Waals surface area contributed by atoms with Gasteiger partial charge in [0.2, 0.25) is 0 Å². The molecule has 0 saturated carbocycles. The molecule has 4 N–H and O–H groups in total. The van der Waals surface area contributed by atoms with Gasteiger partial charge in [-0.05, 0) is 79.9 Å². The molecule has 0 aromatic heterocycles. The Morgan fingerprint density at radius 2 is 1.09 bits per heavy atom. The fourth-order valence-electron chi connectivity index (χ4n) is 5.93. The number of rotatable bonds is 7. The van der Waals surface area contributed by atoms with Gasteiger partial charge >= 0.3 is 0 Å². The van der Waals surface area contributed by atoms with Crippen LogP contribution in [-0.2, 0) is 0 Å². The Hall–Kier alpha value is -5.22. The zero-order chi connectivity index (χ0) is 29.9. The number of allylic oxidation sites excluding steroid dienone is 2. The number of hydrogen-bond acceptors (Lipinski definition) is 3. The molecule has 0 fully saturated rings. The molecule has 2 atom stereocenters. The molecule has 0 radical (unpaired) electrons. The Morgan fingerprint density at radius 1 is 0.568 bits per heavy atom. The monoisotopic (exact) mass is 569 g/mol. The number of nitrogens with two attached hydrogens (primary N) is 1. The molecule has 3 heteroatoms. The number of fused-ring (bicyclic) bond motifs is 1. The van der Waals surface area contributed by atoms with E-state index in [4.69, 9.17) is 5.73 Å². The van der Waals surface area contributed by atoms with Crippen LogP contribution in [0.4, 0.5) is 0 Å². The van der Waals surface area contributed by atoms with Gasteiger partial charge < -0.3 is 11.1 Å². The van der Waals surface area contributed by atoms with Crippen LogP contribution in [-0.4, -0.2) is 6.17 Å².